The number of carboxylic acids is 1. The minimum atomic E-state index is -0.984. The number of hydrogen-bond acceptors (Lipinski definition) is 5. The van der Waals surface area contributed by atoms with Crippen LogP contribution in [0.1, 0.15) is 17.0 Å². The third-order valence-corrected chi connectivity index (χ3v) is 2.88. The van der Waals surface area contributed by atoms with Gasteiger partial charge in [-0.25, -0.2) is 0 Å². The van der Waals surface area contributed by atoms with Crippen molar-refractivity contribution in [2.75, 3.05) is 20.4 Å². The van der Waals surface area contributed by atoms with E-state index in [0.717, 1.165) is 5.56 Å². The summed E-state index contributed by atoms with van der Waals surface area (Å²) in [5.41, 5.74) is 6.86. The monoisotopic (exact) mass is 253 g/mol. The maximum absolute atomic E-state index is 11.2. The molecule has 2 rings (SSSR count). The summed E-state index contributed by atoms with van der Waals surface area (Å²) in [7, 11) is 1.49. The Labute approximate surface area is 104 Å². The van der Waals surface area contributed by atoms with Gasteiger partial charge < -0.3 is 25.1 Å². The van der Waals surface area contributed by atoms with Crippen molar-refractivity contribution in [2.24, 2.45) is 5.73 Å². The SMILES string of the molecule is COc1cc2c(cc1C(CN)C(=O)O)OCOC2. The molecule has 6 nitrogen and oxygen atoms in total. The number of aliphatic carboxylic acids is 1. The van der Waals surface area contributed by atoms with Crippen LogP contribution in [0.4, 0.5) is 0 Å². The summed E-state index contributed by atoms with van der Waals surface area (Å²) in [5.74, 6) is -0.683. The molecule has 18 heavy (non-hydrogen) atoms. The van der Waals surface area contributed by atoms with Gasteiger partial charge in [-0.15, -0.1) is 0 Å². The second kappa shape index (κ2) is 5.24. The van der Waals surface area contributed by atoms with Crippen LogP contribution in [0.5, 0.6) is 11.5 Å². The largest absolute Gasteiger partial charge is 0.496 e. The first-order valence-electron chi connectivity index (χ1n) is 5.51. The van der Waals surface area contributed by atoms with Gasteiger partial charge in [-0.1, -0.05) is 0 Å². The molecule has 0 saturated heterocycles. The van der Waals surface area contributed by atoms with Crippen LogP contribution in [-0.2, 0) is 16.1 Å². The van der Waals surface area contributed by atoms with Gasteiger partial charge in [-0.3, -0.25) is 4.79 Å². The van der Waals surface area contributed by atoms with E-state index in [2.05, 4.69) is 0 Å². The molecular weight excluding hydrogens is 238 g/mol. The molecule has 0 aliphatic carbocycles. The highest BCUT2D eigenvalue weighted by atomic mass is 16.7. The number of ether oxygens (including phenoxy) is 3. The molecule has 1 atom stereocenters. The predicted octanol–water partition coefficient (Wildman–Crippen LogP) is 0.689. The summed E-state index contributed by atoms with van der Waals surface area (Å²) in [6.07, 6.45) is 0. The first-order chi connectivity index (χ1) is 8.67. The average molecular weight is 253 g/mol. The Kier molecular flexibility index (Phi) is 3.69. The maximum Gasteiger partial charge on any atom is 0.312 e. The molecule has 1 heterocycles. The fourth-order valence-corrected chi connectivity index (χ4v) is 1.93. The van der Waals surface area contributed by atoms with Gasteiger partial charge in [0.05, 0.1) is 19.6 Å². The molecule has 6 heteroatoms. The van der Waals surface area contributed by atoms with Crippen molar-refractivity contribution >= 4 is 5.97 Å². The smallest absolute Gasteiger partial charge is 0.312 e. The topological polar surface area (TPSA) is 91.0 Å². The standard InChI is InChI=1S/C12H15NO5/c1-16-11-2-7-5-17-6-18-10(7)3-8(11)9(4-13)12(14)15/h2-3,9H,4-6,13H2,1H3,(H,14,15). The van der Waals surface area contributed by atoms with Gasteiger partial charge >= 0.3 is 5.97 Å². The van der Waals surface area contributed by atoms with Gasteiger partial charge in [-0.05, 0) is 12.1 Å². The van der Waals surface area contributed by atoms with Crippen LogP contribution >= 0.6 is 0 Å². The summed E-state index contributed by atoms with van der Waals surface area (Å²) in [6, 6.07) is 3.40. The third kappa shape index (κ3) is 2.25. The van der Waals surface area contributed by atoms with E-state index in [9.17, 15) is 4.79 Å². The second-order valence-corrected chi connectivity index (χ2v) is 3.94. The van der Waals surface area contributed by atoms with Crippen molar-refractivity contribution in [3.8, 4) is 11.5 Å². The lowest BCUT2D eigenvalue weighted by molar-refractivity contribution is -0.138. The van der Waals surface area contributed by atoms with Gasteiger partial charge in [0.2, 0.25) is 0 Å². The fourth-order valence-electron chi connectivity index (χ4n) is 1.93. The molecule has 1 aliphatic rings. The molecule has 0 amide bonds. The molecule has 1 aromatic rings. The van der Waals surface area contributed by atoms with E-state index < -0.39 is 11.9 Å². The molecule has 0 aromatic heterocycles. The molecule has 0 radical (unpaired) electrons. The number of fused-ring (bicyclic) bond motifs is 1. The molecule has 1 aromatic carbocycles. The molecule has 0 fully saturated rings. The summed E-state index contributed by atoms with van der Waals surface area (Å²) in [5, 5.41) is 9.15. The van der Waals surface area contributed by atoms with Crippen LogP contribution in [0.3, 0.4) is 0 Å². The van der Waals surface area contributed by atoms with E-state index in [-0.39, 0.29) is 13.3 Å². The van der Waals surface area contributed by atoms with Gasteiger partial charge in [0, 0.05) is 17.7 Å². The molecule has 1 aliphatic heterocycles. The lowest BCUT2D eigenvalue weighted by Gasteiger charge is -2.22. The quantitative estimate of drug-likeness (QED) is 0.820. The Morgan fingerprint density at radius 3 is 3.00 bits per heavy atom. The van der Waals surface area contributed by atoms with Crippen LogP contribution in [0.2, 0.25) is 0 Å². The van der Waals surface area contributed by atoms with Crippen molar-refractivity contribution in [1.82, 2.24) is 0 Å². The summed E-state index contributed by atoms with van der Waals surface area (Å²) >= 11 is 0. The van der Waals surface area contributed by atoms with Gasteiger partial charge in [0.1, 0.15) is 11.5 Å². The summed E-state index contributed by atoms with van der Waals surface area (Å²) < 4.78 is 15.7. The number of rotatable bonds is 4. The van der Waals surface area contributed by atoms with Crippen LogP contribution in [0, 0.1) is 0 Å². The van der Waals surface area contributed by atoms with Gasteiger partial charge in [0.25, 0.3) is 0 Å². The third-order valence-electron chi connectivity index (χ3n) is 2.88. The van der Waals surface area contributed by atoms with Crippen LogP contribution < -0.4 is 15.2 Å². The normalized spacial score (nSPS) is 15.4. The van der Waals surface area contributed by atoms with Crippen LogP contribution in [0.25, 0.3) is 0 Å². The molecular formula is C12H15NO5. The zero-order valence-corrected chi connectivity index (χ0v) is 10.0. The Morgan fingerprint density at radius 1 is 1.61 bits per heavy atom. The number of benzene rings is 1. The number of methoxy groups -OCH3 is 1. The Balaban J connectivity index is 2.47. The van der Waals surface area contributed by atoms with E-state index in [1.54, 1.807) is 12.1 Å². The molecule has 0 spiro atoms. The highest BCUT2D eigenvalue weighted by Crippen LogP contribution is 2.35. The van der Waals surface area contributed by atoms with Crippen molar-refractivity contribution in [3.63, 3.8) is 0 Å². The maximum atomic E-state index is 11.2. The molecule has 1 unspecified atom stereocenters. The first kappa shape index (κ1) is 12.7. The Hall–Kier alpha value is -1.79. The lowest BCUT2D eigenvalue weighted by atomic mass is 9.96. The summed E-state index contributed by atoms with van der Waals surface area (Å²) in [4.78, 5) is 11.2. The van der Waals surface area contributed by atoms with Crippen LogP contribution in [0.15, 0.2) is 12.1 Å². The minimum Gasteiger partial charge on any atom is -0.496 e. The zero-order chi connectivity index (χ0) is 13.1. The van der Waals surface area contributed by atoms with Gasteiger partial charge in [0.15, 0.2) is 6.79 Å². The van der Waals surface area contributed by atoms with Gasteiger partial charge in [-0.2, -0.15) is 0 Å². The number of hydrogen-bond donors (Lipinski definition) is 2. The predicted molar refractivity (Wildman–Crippen MR) is 62.7 cm³/mol. The number of carbonyl (C=O) groups is 1. The van der Waals surface area contributed by atoms with Crippen molar-refractivity contribution in [1.29, 1.82) is 0 Å². The highest BCUT2D eigenvalue weighted by molar-refractivity contribution is 5.78. The van der Waals surface area contributed by atoms with Crippen LogP contribution in [-0.4, -0.2) is 31.5 Å². The first-order valence-corrected chi connectivity index (χ1v) is 5.51. The minimum absolute atomic E-state index is 0.000972. The van der Waals surface area contributed by atoms with Crippen molar-refractivity contribution in [3.05, 3.63) is 23.3 Å². The van der Waals surface area contributed by atoms with E-state index in [1.165, 1.54) is 7.11 Å². The molecule has 98 valence electrons. The average Bonchev–Trinajstić information content (AvgIpc) is 2.38. The van der Waals surface area contributed by atoms with E-state index in [1.807, 2.05) is 0 Å². The number of carboxylic acid groups (broad SMARTS) is 1. The Bertz CT molecular complexity index is 460. The van der Waals surface area contributed by atoms with Crippen molar-refractivity contribution in [2.45, 2.75) is 12.5 Å². The highest BCUT2D eigenvalue weighted by Gasteiger charge is 2.25. The fraction of sp³-hybridized carbons (Fsp3) is 0.417. The molecule has 0 bridgehead atoms. The lowest BCUT2D eigenvalue weighted by Crippen LogP contribution is -2.22. The second-order valence-electron chi connectivity index (χ2n) is 3.94. The number of nitrogens with two attached hydrogens (primary N) is 1. The Morgan fingerprint density at radius 2 is 2.39 bits per heavy atom. The van der Waals surface area contributed by atoms with E-state index in [4.69, 9.17) is 25.1 Å². The van der Waals surface area contributed by atoms with Crippen molar-refractivity contribution < 1.29 is 24.1 Å². The molecule has 0 saturated carbocycles. The summed E-state index contributed by atoms with van der Waals surface area (Å²) in [6.45, 7) is 0.590. The van der Waals surface area contributed by atoms with E-state index >= 15 is 0 Å². The van der Waals surface area contributed by atoms with E-state index in [0.29, 0.717) is 23.7 Å². The zero-order valence-electron chi connectivity index (χ0n) is 10.0. The molecule has 3 N–H and O–H groups in total.